The Morgan fingerprint density at radius 3 is 2.62 bits per heavy atom. The van der Waals surface area contributed by atoms with Crippen molar-refractivity contribution in [1.29, 1.82) is 0 Å². The lowest BCUT2D eigenvalue weighted by Crippen LogP contribution is -2.15. The van der Waals surface area contributed by atoms with E-state index >= 15 is 0 Å². The molecule has 0 fully saturated rings. The van der Waals surface area contributed by atoms with E-state index in [0.717, 1.165) is 47.9 Å². The van der Waals surface area contributed by atoms with E-state index in [1.54, 1.807) is 4.68 Å². The minimum atomic E-state index is 0. The Balaban J connectivity index is 0.00000208. The molecular formula is C18H25ClN4O. The Bertz CT molecular complexity index is 911. The number of halogens is 1. The number of fused-ring (bicyclic) bond motifs is 2. The lowest BCUT2D eigenvalue weighted by Gasteiger charge is -2.14. The zero-order valence-electron chi connectivity index (χ0n) is 14.7. The maximum atomic E-state index is 12.8. The zero-order valence-corrected chi connectivity index (χ0v) is 15.6. The summed E-state index contributed by atoms with van der Waals surface area (Å²) in [5.41, 5.74) is 3.80. The molecule has 0 N–H and O–H groups in total. The van der Waals surface area contributed by atoms with Crippen molar-refractivity contribution in [2.75, 3.05) is 20.6 Å². The molecule has 3 aromatic rings. The molecule has 24 heavy (non-hydrogen) atoms. The van der Waals surface area contributed by atoms with Crippen LogP contribution >= 0.6 is 12.4 Å². The highest BCUT2D eigenvalue weighted by atomic mass is 35.5. The van der Waals surface area contributed by atoms with Crippen molar-refractivity contribution in [2.45, 2.75) is 26.3 Å². The molecule has 0 unspecified atom stereocenters. The number of aryl methyl sites for hydroxylation is 3. The lowest BCUT2D eigenvalue weighted by atomic mass is 10.1. The molecule has 0 aliphatic carbocycles. The van der Waals surface area contributed by atoms with Crippen molar-refractivity contribution in [1.82, 2.24) is 19.2 Å². The van der Waals surface area contributed by atoms with Gasteiger partial charge in [0.25, 0.3) is 0 Å². The fourth-order valence-corrected chi connectivity index (χ4v) is 3.15. The maximum absolute atomic E-state index is 12.8. The fourth-order valence-electron chi connectivity index (χ4n) is 3.15. The molecule has 130 valence electrons. The zero-order chi connectivity index (χ0) is 16.6. The van der Waals surface area contributed by atoms with E-state index < -0.39 is 0 Å². The summed E-state index contributed by atoms with van der Waals surface area (Å²) < 4.78 is 3.93. The molecule has 0 saturated heterocycles. The van der Waals surface area contributed by atoms with Gasteiger partial charge < -0.3 is 9.47 Å². The van der Waals surface area contributed by atoms with Gasteiger partial charge in [-0.05, 0) is 52.5 Å². The molecule has 0 saturated carbocycles. The van der Waals surface area contributed by atoms with Crippen molar-refractivity contribution in [3.63, 3.8) is 0 Å². The summed E-state index contributed by atoms with van der Waals surface area (Å²) >= 11 is 0. The van der Waals surface area contributed by atoms with Crippen LogP contribution in [0.2, 0.25) is 0 Å². The second-order valence-electron chi connectivity index (χ2n) is 6.51. The third-order valence-electron chi connectivity index (χ3n) is 4.35. The number of unbranched alkanes of at least 4 members (excludes halogenated alkanes) is 1. The van der Waals surface area contributed by atoms with Crippen LogP contribution in [0.15, 0.2) is 29.2 Å². The summed E-state index contributed by atoms with van der Waals surface area (Å²) in [6, 6.07) is 6.12. The molecule has 0 aliphatic rings. The predicted molar refractivity (Wildman–Crippen MR) is 102 cm³/mol. The van der Waals surface area contributed by atoms with Crippen LogP contribution in [0.3, 0.4) is 0 Å². The second kappa shape index (κ2) is 7.36. The number of rotatable bonds is 5. The van der Waals surface area contributed by atoms with E-state index in [9.17, 15) is 4.79 Å². The number of hydrogen-bond donors (Lipinski definition) is 0. The quantitative estimate of drug-likeness (QED) is 0.666. The summed E-state index contributed by atoms with van der Waals surface area (Å²) in [6.45, 7) is 4.00. The highest BCUT2D eigenvalue weighted by Gasteiger charge is 2.14. The lowest BCUT2D eigenvalue weighted by molar-refractivity contribution is 0.389. The van der Waals surface area contributed by atoms with Gasteiger partial charge in [-0.15, -0.1) is 12.4 Å². The smallest absolute Gasteiger partial charge is 0.215 e. The Hall–Kier alpha value is -1.85. The minimum absolute atomic E-state index is 0. The average molecular weight is 349 g/mol. The van der Waals surface area contributed by atoms with Gasteiger partial charge in [0.1, 0.15) is 5.52 Å². The highest BCUT2D eigenvalue weighted by molar-refractivity contribution is 5.92. The van der Waals surface area contributed by atoms with E-state index in [1.807, 2.05) is 26.2 Å². The van der Waals surface area contributed by atoms with E-state index in [-0.39, 0.29) is 17.8 Å². The molecule has 1 aromatic carbocycles. The van der Waals surface area contributed by atoms with Gasteiger partial charge >= 0.3 is 0 Å². The Labute approximate surface area is 148 Å². The van der Waals surface area contributed by atoms with Gasteiger partial charge in [0.15, 0.2) is 0 Å². The van der Waals surface area contributed by atoms with Crippen molar-refractivity contribution in [2.24, 2.45) is 7.05 Å². The van der Waals surface area contributed by atoms with Crippen LogP contribution in [0.1, 0.15) is 18.4 Å². The summed E-state index contributed by atoms with van der Waals surface area (Å²) in [7, 11) is 6.02. The average Bonchev–Trinajstić information content (AvgIpc) is 2.88. The van der Waals surface area contributed by atoms with Crippen LogP contribution in [0.4, 0.5) is 0 Å². The predicted octanol–water partition coefficient (Wildman–Crippen LogP) is 2.96. The van der Waals surface area contributed by atoms with Crippen LogP contribution in [0, 0.1) is 6.92 Å². The van der Waals surface area contributed by atoms with Gasteiger partial charge in [0.05, 0.1) is 17.2 Å². The first-order chi connectivity index (χ1) is 11.0. The SMILES string of the molecule is Cc1ccc2c(c1)c(=O)c1c(cnn1C)n2CCCCN(C)C.Cl. The summed E-state index contributed by atoms with van der Waals surface area (Å²) in [5.74, 6) is 0. The molecule has 0 atom stereocenters. The molecule has 6 heteroatoms. The van der Waals surface area contributed by atoms with Crippen molar-refractivity contribution in [3.05, 3.63) is 40.2 Å². The second-order valence-corrected chi connectivity index (χ2v) is 6.51. The van der Waals surface area contributed by atoms with Crippen molar-refractivity contribution >= 4 is 34.3 Å². The maximum Gasteiger partial charge on any atom is 0.215 e. The minimum Gasteiger partial charge on any atom is -0.338 e. The van der Waals surface area contributed by atoms with E-state index in [0.29, 0.717) is 5.52 Å². The van der Waals surface area contributed by atoms with Crippen LogP contribution in [-0.2, 0) is 13.6 Å². The van der Waals surface area contributed by atoms with Crippen LogP contribution < -0.4 is 5.43 Å². The molecule has 0 aliphatic heterocycles. The van der Waals surface area contributed by atoms with Gasteiger partial charge in [0.2, 0.25) is 5.43 Å². The first kappa shape index (κ1) is 18.5. The number of pyridine rings is 1. The molecule has 2 heterocycles. The number of nitrogens with zero attached hydrogens (tertiary/aromatic N) is 4. The molecule has 2 aromatic heterocycles. The number of aromatic nitrogens is 3. The van der Waals surface area contributed by atoms with E-state index in [4.69, 9.17) is 0 Å². The van der Waals surface area contributed by atoms with Gasteiger partial charge in [-0.2, -0.15) is 5.10 Å². The van der Waals surface area contributed by atoms with Gasteiger partial charge in [-0.25, -0.2) is 0 Å². The number of benzene rings is 1. The van der Waals surface area contributed by atoms with Crippen molar-refractivity contribution in [3.8, 4) is 0 Å². The third-order valence-corrected chi connectivity index (χ3v) is 4.35. The molecular weight excluding hydrogens is 324 g/mol. The van der Waals surface area contributed by atoms with Gasteiger partial charge in [-0.3, -0.25) is 9.48 Å². The Morgan fingerprint density at radius 1 is 1.17 bits per heavy atom. The van der Waals surface area contributed by atoms with E-state index in [1.165, 1.54) is 0 Å². The fraction of sp³-hybridized carbons (Fsp3) is 0.444. The molecule has 0 spiro atoms. The Morgan fingerprint density at radius 2 is 1.92 bits per heavy atom. The van der Waals surface area contributed by atoms with Crippen LogP contribution in [0.5, 0.6) is 0 Å². The number of hydrogen-bond acceptors (Lipinski definition) is 3. The third kappa shape index (κ3) is 3.32. The largest absolute Gasteiger partial charge is 0.338 e. The summed E-state index contributed by atoms with van der Waals surface area (Å²) in [4.78, 5) is 15.0. The first-order valence-corrected chi connectivity index (χ1v) is 8.08. The normalized spacial score (nSPS) is 11.4. The van der Waals surface area contributed by atoms with Gasteiger partial charge in [0, 0.05) is 19.0 Å². The summed E-state index contributed by atoms with van der Waals surface area (Å²) in [6.07, 6.45) is 4.02. The topological polar surface area (TPSA) is 43.1 Å². The van der Waals surface area contributed by atoms with Crippen LogP contribution in [0.25, 0.3) is 21.9 Å². The molecule has 0 radical (unpaired) electrons. The standard InChI is InChI=1S/C18H24N4O.ClH/c1-13-7-8-15-14(11-13)18(23)17-16(12-19-21(17)4)22(15)10-6-5-9-20(2)3;/h7-8,11-12H,5-6,9-10H2,1-4H3;1H. The first-order valence-electron chi connectivity index (χ1n) is 8.08. The molecule has 0 amide bonds. The van der Waals surface area contributed by atoms with E-state index in [2.05, 4.69) is 40.8 Å². The van der Waals surface area contributed by atoms with Gasteiger partial charge in [-0.1, -0.05) is 11.6 Å². The molecule has 0 bridgehead atoms. The summed E-state index contributed by atoms with van der Waals surface area (Å²) in [5, 5.41) is 5.09. The Kier molecular flexibility index (Phi) is 5.67. The molecule has 3 rings (SSSR count). The molecule has 5 nitrogen and oxygen atoms in total. The highest BCUT2D eigenvalue weighted by Crippen LogP contribution is 2.20. The van der Waals surface area contributed by atoms with Crippen molar-refractivity contribution < 1.29 is 0 Å². The monoisotopic (exact) mass is 348 g/mol. The van der Waals surface area contributed by atoms with Crippen LogP contribution in [-0.4, -0.2) is 39.9 Å².